The van der Waals surface area contributed by atoms with Crippen LogP contribution in [0, 0.1) is 11.2 Å². The summed E-state index contributed by atoms with van der Waals surface area (Å²) < 4.78 is 15.1. The predicted octanol–water partition coefficient (Wildman–Crippen LogP) is 2.97. The van der Waals surface area contributed by atoms with Crippen LogP contribution in [-0.2, 0) is 18.3 Å². The molecule has 0 aliphatic rings. The molecule has 0 saturated carbocycles. The van der Waals surface area contributed by atoms with Crippen LogP contribution in [0.25, 0.3) is 10.9 Å². The zero-order valence-corrected chi connectivity index (χ0v) is 10.7. The number of hydrogen-bond donors (Lipinski definition) is 1. The van der Waals surface area contributed by atoms with Gasteiger partial charge < -0.3 is 9.67 Å². The van der Waals surface area contributed by atoms with Crippen molar-refractivity contribution in [3.8, 4) is 0 Å². The number of rotatable bonds is 3. The van der Waals surface area contributed by atoms with Crippen molar-refractivity contribution in [3.63, 3.8) is 0 Å². The summed E-state index contributed by atoms with van der Waals surface area (Å²) in [5, 5.41) is 9.94. The van der Waals surface area contributed by atoms with E-state index in [1.165, 1.54) is 12.1 Å². The Morgan fingerprint density at radius 2 is 2.06 bits per heavy atom. The smallest absolute Gasteiger partial charge is 0.309 e. The Morgan fingerprint density at radius 3 is 2.67 bits per heavy atom. The number of carbonyl (C=O) groups is 1. The number of fused-ring (bicyclic) bond motifs is 1. The van der Waals surface area contributed by atoms with Gasteiger partial charge >= 0.3 is 5.97 Å². The van der Waals surface area contributed by atoms with E-state index in [2.05, 4.69) is 0 Å². The third kappa shape index (κ3) is 2.10. The molecule has 0 fully saturated rings. The van der Waals surface area contributed by atoms with Gasteiger partial charge in [0.1, 0.15) is 5.82 Å². The molecule has 0 spiro atoms. The highest BCUT2D eigenvalue weighted by atomic mass is 19.1. The van der Waals surface area contributed by atoms with Crippen LogP contribution in [0.5, 0.6) is 0 Å². The highest BCUT2D eigenvalue weighted by Gasteiger charge is 2.28. The number of aliphatic carboxylic acids is 1. The van der Waals surface area contributed by atoms with Gasteiger partial charge in [-0.25, -0.2) is 4.39 Å². The number of carboxylic acid groups (broad SMARTS) is 1. The summed E-state index contributed by atoms with van der Waals surface area (Å²) in [4.78, 5) is 11.1. The van der Waals surface area contributed by atoms with Crippen molar-refractivity contribution in [2.24, 2.45) is 12.5 Å². The minimum Gasteiger partial charge on any atom is -0.481 e. The molecule has 1 aromatic heterocycles. The van der Waals surface area contributed by atoms with Gasteiger partial charge in [-0.05, 0) is 38.1 Å². The van der Waals surface area contributed by atoms with Gasteiger partial charge in [-0.2, -0.15) is 0 Å². The topological polar surface area (TPSA) is 42.2 Å². The van der Waals surface area contributed by atoms with Gasteiger partial charge in [0, 0.05) is 30.1 Å². The van der Waals surface area contributed by atoms with Crippen molar-refractivity contribution in [2.75, 3.05) is 0 Å². The van der Waals surface area contributed by atoms with E-state index >= 15 is 0 Å². The van der Waals surface area contributed by atoms with Gasteiger partial charge in [-0.3, -0.25) is 4.79 Å². The number of nitrogens with zero attached hydrogens (tertiary/aromatic N) is 1. The quantitative estimate of drug-likeness (QED) is 0.908. The molecule has 2 aromatic rings. The SMILES string of the molecule is Cn1c(CC(C)(C)C(=O)O)cc2cc(F)ccc21. The van der Waals surface area contributed by atoms with E-state index in [1.807, 2.05) is 17.7 Å². The lowest BCUT2D eigenvalue weighted by molar-refractivity contribution is -0.146. The Morgan fingerprint density at radius 1 is 1.39 bits per heavy atom. The second-order valence-corrected chi connectivity index (χ2v) is 5.26. The standard InChI is InChI=1S/C14H16FNO2/c1-14(2,13(17)18)8-11-7-9-6-10(15)4-5-12(9)16(11)3/h4-7H,8H2,1-3H3,(H,17,18). The number of carboxylic acids is 1. The molecule has 0 bridgehead atoms. The number of benzene rings is 1. The van der Waals surface area contributed by atoms with Gasteiger partial charge in [0.05, 0.1) is 5.41 Å². The molecule has 1 aromatic carbocycles. The number of aromatic nitrogens is 1. The van der Waals surface area contributed by atoms with E-state index in [0.29, 0.717) is 6.42 Å². The number of aryl methyl sites for hydroxylation is 1. The minimum atomic E-state index is -0.834. The molecular formula is C14H16FNO2. The summed E-state index contributed by atoms with van der Waals surface area (Å²) in [7, 11) is 1.87. The summed E-state index contributed by atoms with van der Waals surface area (Å²) >= 11 is 0. The van der Waals surface area contributed by atoms with E-state index in [0.717, 1.165) is 16.6 Å². The molecule has 18 heavy (non-hydrogen) atoms. The molecule has 3 nitrogen and oxygen atoms in total. The fourth-order valence-electron chi connectivity index (χ4n) is 2.08. The number of hydrogen-bond acceptors (Lipinski definition) is 1. The van der Waals surface area contributed by atoms with Gasteiger partial charge in [-0.1, -0.05) is 0 Å². The first-order chi connectivity index (χ1) is 8.31. The molecule has 0 amide bonds. The molecule has 0 saturated heterocycles. The molecule has 0 atom stereocenters. The van der Waals surface area contributed by atoms with E-state index in [4.69, 9.17) is 5.11 Å². The lowest BCUT2D eigenvalue weighted by atomic mass is 9.88. The first-order valence-electron chi connectivity index (χ1n) is 5.78. The second-order valence-electron chi connectivity index (χ2n) is 5.26. The average Bonchev–Trinajstić information content (AvgIpc) is 2.54. The highest BCUT2D eigenvalue weighted by molar-refractivity contribution is 5.82. The Hall–Kier alpha value is -1.84. The third-order valence-corrected chi connectivity index (χ3v) is 3.31. The highest BCUT2D eigenvalue weighted by Crippen LogP contribution is 2.26. The maximum Gasteiger partial charge on any atom is 0.309 e. The molecule has 0 aliphatic heterocycles. The molecular weight excluding hydrogens is 233 g/mol. The maximum absolute atomic E-state index is 13.1. The second kappa shape index (κ2) is 4.12. The van der Waals surface area contributed by atoms with E-state index in [-0.39, 0.29) is 5.82 Å². The molecule has 96 valence electrons. The lowest BCUT2D eigenvalue weighted by Crippen LogP contribution is -2.27. The zero-order chi connectivity index (χ0) is 13.5. The minimum absolute atomic E-state index is 0.280. The maximum atomic E-state index is 13.1. The molecule has 0 aliphatic carbocycles. The van der Waals surface area contributed by atoms with Crippen LogP contribution in [0.4, 0.5) is 4.39 Å². The summed E-state index contributed by atoms with van der Waals surface area (Å²) in [5.74, 6) is -1.11. The average molecular weight is 249 g/mol. The molecule has 2 rings (SSSR count). The Kier molecular flexibility index (Phi) is 2.89. The fourth-order valence-corrected chi connectivity index (χ4v) is 2.08. The van der Waals surface area contributed by atoms with Gasteiger partial charge in [-0.15, -0.1) is 0 Å². The number of halogens is 1. The molecule has 0 radical (unpaired) electrons. The van der Waals surface area contributed by atoms with Crippen LogP contribution in [-0.4, -0.2) is 15.6 Å². The predicted molar refractivity (Wildman–Crippen MR) is 68.0 cm³/mol. The van der Waals surface area contributed by atoms with E-state index < -0.39 is 11.4 Å². The van der Waals surface area contributed by atoms with Gasteiger partial charge in [0.15, 0.2) is 0 Å². The summed E-state index contributed by atoms with van der Waals surface area (Å²) in [6, 6.07) is 6.44. The van der Waals surface area contributed by atoms with Crippen molar-refractivity contribution in [1.29, 1.82) is 0 Å². The van der Waals surface area contributed by atoms with Crippen molar-refractivity contribution < 1.29 is 14.3 Å². The summed E-state index contributed by atoms with van der Waals surface area (Å²) in [5.41, 5.74) is 0.969. The van der Waals surface area contributed by atoms with Gasteiger partial charge in [0.25, 0.3) is 0 Å². The molecule has 1 N–H and O–H groups in total. The summed E-state index contributed by atoms with van der Waals surface area (Å²) in [6.45, 7) is 3.38. The largest absolute Gasteiger partial charge is 0.481 e. The van der Waals surface area contributed by atoms with Crippen LogP contribution >= 0.6 is 0 Å². The summed E-state index contributed by atoms with van der Waals surface area (Å²) in [6.07, 6.45) is 0.412. The van der Waals surface area contributed by atoms with E-state index in [9.17, 15) is 9.18 Å². The monoisotopic (exact) mass is 249 g/mol. The molecule has 0 unspecified atom stereocenters. The van der Waals surface area contributed by atoms with Crippen LogP contribution in [0.2, 0.25) is 0 Å². The van der Waals surface area contributed by atoms with Crippen LogP contribution in [0.1, 0.15) is 19.5 Å². The Balaban J connectivity index is 2.46. The van der Waals surface area contributed by atoms with Crippen LogP contribution in [0.3, 0.4) is 0 Å². The van der Waals surface area contributed by atoms with Crippen molar-refractivity contribution >= 4 is 16.9 Å². The molecule has 4 heteroatoms. The first-order valence-corrected chi connectivity index (χ1v) is 5.78. The van der Waals surface area contributed by atoms with Crippen molar-refractivity contribution in [3.05, 3.63) is 35.8 Å². The molecule has 1 heterocycles. The zero-order valence-electron chi connectivity index (χ0n) is 10.7. The van der Waals surface area contributed by atoms with Crippen molar-refractivity contribution in [1.82, 2.24) is 4.57 Å². The fraction of sp³-hybridized carbons (Fsp3) is 0.357. The van der Waals surface area contributed by atoms with E-state index in [1.54, 1.807) is 19.9 Å². The van der Waals surface area contributed by atoms with Crippen molar-refractivity contribution in [2.45, 2.75) is 20.3 Å². The van der Waals surface area contributed by atoms with Crippen LogP contribution in [0.15, 0.2) is 24.3 Å². The van der Waals surface area contributed by atoms with Crippen LogP contribution < -0.4 is 0 Å². The Labute approximate surface area is 105 Å². The van der Waals surface area contributed by atoms with Gasteiger partial charge in [0.2, 0.25) is 0 Å². The normalized spacial score (nSPS) is 12.0. The third-order valence-electron chi connectivity index (χ3n) is 3.31. The lowest BCUT2D eigenvalue weighted by Gasteiger charge is -2.19. The first kappa shape index (κ1) is 12.6. The Bertz CT molecular complexity index is 614.